The van der Waals surface area contributed by atoms with Crippen LogP contribution in [0.2, 0.25) is 0 Å². The van der Waals surface area contributed by atoms with E-state index in [0.29, 0.717) is 24.5 Å². The summed E-state index contributed by atoms with van der Waals surface area (Å²) in [5, 5.41) is 3.14. The van der Waals surface area contributed by atoms with Crippen molar-refractivity contribution in [2.75, 3.05) is 13.7 Å². The maximum Gasteiger partial charge on any atom is 0.189 e. The second-order valence-electron chi connectivity index (χ2n) is 5.39. The first-order valence-electron chi connectivity index (χ1n) is 6.92. The molecule has 1 aliphatic rings. The molecular weight excluding hydrogens is 318 g/mol. The molecule has 0 amide bonds. The highest BCUT2D eigenvalue weighted by Crippen LogP contribution is 2.38. The van der Waals surface area contributed by atoms with Gasteiger partial charge in [-0.05, 0) is 43.4 Å². The molecule has 2 rings (SSSR count). The molecule has 1 saturated carbocycles. The lowest BCUT2D eigenvalue weighted by atomic mass is 9.76. The molecule has 3 N–H and O–H groups in total. The lowest BCUT2D eigenvalue weighted by molar-refractivity contribution is 0.179. The molecule has 1 atom stereocenters. The molecule has 0 aliphatic heterocycles. The maximum absolute atomic E-state index is 5.90. The molecule has 1 unspecified atom stereocenters. The van der Waals surface area contributed by atoms with E-state index in [1.807, 2.05) is 6.92 Å². The van der Waals surface area contributed by atoms with Gasteiger partial charge in [-0.3, -0.25) is 4.99 Å². The Bertz CT molecular complexity index is 455. The SMILES string of the molecule is COCC(C)NC(N)=NC1CC(c2ccc(Br)cc2)C1. The average Bonchev–Trinajstić information content (AvgIpc) is 2.35. The van der Waals surface area contributed by atoms with Gasteiger partial charge in [-0.1, -0.05) is 28.1 Å². The molecule has 0 bridgehead atoms. The van der Waals surface area contributed by atoms with Crippen molar-refractivity contribution in [2.45, 2.75) is 37.8 Å². The van der Waals surface area contributed by atoms with Crippen molar-refractivity contribution in [3.8, 4) is 0 Å². The maximum atomic E-state index is 5.90. The van der Waals surface area contributed by atoms with Crippen LogP contribution in [0.25, 0.3) is 0 Å². The highest BCUT2D eigenvalue weighted by atomic mass is 79.9. The van der Waals surface area contributed by atoms with Gasteiger partial charge in [0, 0.05) is 17.6 Å². The molecule has 0 spiro atoms. The van der Waals surface area contributed by atoms with Crippen molar-refractivity contribution in [1.82, 2.24) is 5.32 Å². The Hall–Kier alpha value is -1.07. The summed E-state index contributed by atoms with van der Waals surface area (Å²) in [6.45, 7) is 2.65. The Labute approximate surface area is 128 Å². The van der Waals surface area contributed by atoms with Gasteiger partial charge in [0.15, 0.2) is 5.96 Å². The molecule has 1 aromatic rings. The number of guanidine groups is 1. The van der Waals surface area contributed by atoms with Crippen molar-refractivity contribution < 1.29 is 4.74 Å². The monoisotopic (exact) mass is 339 g/mol. The zero-order valence-electron chi connectivity index (χ0n) is 12.0. The minimum atomic E-state index is 0.186. The number of halogens is 1. The zero-order chi connectivity index (χ0) is 14.5. The fourth-order valence-electron chi connectivity index (χ4n) is 2.48. The molecule has 110 valence electrons. The van der Waals surface area contributed by atoms with E-state index < -0.39 is 0 Å². The molecule has 0 aromatic heterocycles. The Balaban J connectivity index is 1.79. The first-order chi connectivity index (χ1) is 9.58. The topological polar surface area (TPSA) is 59.6 Å². The Morgan fingerprint density at radius 3 is 2.70 bits per heavy atom. The predicted molar refractivity (Wildman–Crippen MR) is 86.0 cm³/mol. The number of methoxy groups -OCH3 is 1. The predicted octanol–water partition coefficient (Wildman–Crippen LogP) is 2.63. The number of hydrogen-bond acceptors (Lipinski definition) is 2. The molecule has 0 saturated heterocycles. The van der Waals surface area contributed by atoms with Crippen LogP contribution in [-0.2, 0) is 4.74 Å². The lowest BCUT2D eigenvalue weighted by Crippen LogP contribution is -2.42. The van der Waals surface area contributed by atoms with E-state index in [1.165, 1.54) is 5.56 Å². The van der Waals surface area contributed by atoms with Gasteiger partial charge in [-0.15, -0.1) is 0 Å². The van der Waals surface area contributed by atoms with Gasteiger partial charge in [0.1, 0.15) is 0 Å². The standard InChI is InChI=1S/C15H22BrN3O/c1-10(9-20-2)18-15(17)19-14-7-12(8-14)11-3-5-13(16)6-4-11/h3-6,10,12,14H,7-9H2,1-2H3,(H3,17,18,19). The third kappa shape index (κ3) is 4.21. The molecular formula is C15H22BrN3O. The quantitative estimate of drug-likeness (QED) is 0.640. The summed E-state index contributed by atoms with van der Waals surface area (Å²) in [4.78, 5) is 4.52. The van der Waals surface area contributed by atoms with E-state index in [-0.39, 0.29) is 6.04 Å². The minimum absolute atomic E-state index is 0.186. The molecule has 0 heterocycles. The van der Waals surface area contributed by atoms with Gasteiger partial charge >= 0.3 is 0 Å². The van der Waals surface area contributed by atoms with E-state index in [2.05, 4.69) is 50.5 Å². The highest BCUT2D eigenvalue weighted by Gasteiger charge is 2.30. The fraction of sp³-hybridized carbons (Fsp3) is 0.533. The van der Waals surface area contributed by atoms with Gasteiger partial charge in [0.2, 0.25) is 0 Å². The number of nitrogens with zero attached hydrogens (tertiary/aromatic N) is 1. The van der Waals surface area contributed by atoms with Crippen LogP contribution in [-0.4, -0.2) is 31.8 Å². The van der Waals surface area contributed by atoms with Crippen LogP contribution in [0.3, 0.4) is 0 Å². The second-order valence-corrected chi connectivity index (χ2v) is 6.30. The molecule has 5 heteroatoms. The van der Waals surface area contributed by atoms with E-state index in [9.17, 15) is 0 Å². The summed E-state index contributed by atoms with van der Waals surface area (Å²) < 4.78 is 6.18. The fourth-order valence-corrected chi connectivity index (χ4v) is 2.74. The number of nitrogens with one attached hydrogen (secondary N) is 1. The van der Waals surface area contributed by atoms with Gasteiger partial charge in [-0.2, -0.15) is 0 Å². The van der Waals surface area contributed by atoms with Crippen LogP contribution in [0.15, 0.2) is 33.7 Å². The Kier molecular flexibility index (Phi) is 5.43. The van der Waals surface area contributed by atoms with Gasteiger partial charge < -0.3 is 15.8 Å². The Morgan fingerprint density at radius 1 is 1.45 bits per heavy atom. The Morgan fingerprint density at radius 2 is 2.10 bits per heavy atom. The van der Waals surface area contributed by atoms with Crippen molar-refractivity contribution in [1.29, 1.82) is 0 Å². The van der Waals surface area contributed by atoms with E-state index >= 15 is 0 Å². The lowest BCUT2D eigenvalue weighted by Gasteiger charge is -2.33. The average molecular weight is 340 g/mol. The van der Waals surface area contributed by atoms with Crippen LogP contribution < -0.4 is 11.1 Å². The summed E-state index contributed by atoms with van der Waals surface area (Å²) in [7, 11) is 1.68. The smallest absolute Gasteiger partial charge is 0.189 e. The third-order valence-corrected chi connectivity index (χ3v) is 4.12. The third-order valence-electron chi connectivity index (χ3n) is 3.59. The molecule has 4 nitrogen and oxygen atoms in total. The van der Waals surface area contributed by atoms with Crippen molar-refractivity contribution >= 4 is 21.9 Å². The van der Waals surface area contributed by atoms with Crippen molar-refractivity contribution in [3.05, 3.63) is 34.3 Å². The number of aliphatic imine (C=N–C) groups is 1. The summed E-state index contributed by atoms with van der Waals surface area (Å²) in [5.41, 5.74) is 7.28. The van der Waals surface area contributed by atoms with Gasteiger partial charge in [0.25, 0.3) is 0 Å². The first-order valence-corrected chi connectivity index (χ1v) is 7.72. The van der Waals surface area contributed by atoms with E-state index in [4.69, 9.17) is 10.5 Å². The molecule has 1 aromatic carbocycles. The van der Waals surface area contributed by atoms with Gasteiger partial charge in [0.05, 0.1) is 12.6 Å². The van der Waals surface area contributed by atoms with Crippen LogP contribution in [0.4, 0.5) is 0 Å². The number of benzene rings is 1. The molecule has 1 fully saturated rings. The summed E-state index contributed by atoms with van der Waals surface area (Å²) in [5.74, 6) is 1.13. The highest BCUT2D eigenvalue weighted by molar-refractivity contribution is 9.10. The zero-order valence-corrected chi connectivity index (χ0v) is 13.6. The summed E-state index contributed by atoms with van der Waals surface area (Å²) in [6, 6.07) is 9.06. The summed E-state index contributed by atoms with van der Waals surface area (Å²) in [6.07, 6.45) is 2.14. The van der Waals surface area contributed by atoms with Crippen LogP contribution in [0, 0.1) is 0 Å². The molecule has 0 radical (unpaired) electrons. The van der Waals surface area contributed by atoms with Gasteiger partial charge in [-0.25, -0.2) is 0 Å². The largest absolute Gasteiger partial charge is 0.383 e. The normalized spacial score (nSPS) is 24.1. The van der Waals surface area contributed by atoms with Crippen LogP contribution in [0.1, 0.15) is 31.2 Å². The number of ether oxygens (including phenoxy) is 1. The number of nitrogens with two attached hydrogens (primary N) is 1. The second kappa shape index (κ2) is 7.09. The van der Waals surface area contributed by atoms with Crippen molar-refractivity contribution in [3.63, 3.8) is 0 Å². The van der Waals surface area contributed by atoms with Crippen LogP contribution >= 0.6 is 15.9 Å². The van der Waals surface area contributed by atoms with Crippen molar-refractivity contribution in [2.24, 2.45) is 10.7 Å². The number of hydrogen-bond donors (Lipinski definition) is 2. The molecule has 20 heavy (non-hydrogen) atoms. The summed E-state index contributed by atoms with van der Waals surface area (Å²) >= 11 is 3.46. The van der Waals surface area contributed by atoms with Crippen LogP contribution in [0.5, 0.6) is 0 Å². The molecule has 1 aliphatic carbocycles. The van der Waals surface area contributed by atoms with E-state index in [0.717, 1.165) is 17.3 Å². The van der Waals surface area contributed by atoms with E-state index in [1.54, 1.807) is 7.11 Å². The first kappa shape index (κ1) is 15.3. The minimum Gasteiger partial charge on any atom is -0.383 e. The number of rotatable bonds is 5.